The maximum atomic E-state index is 14.3. The van der Waals surface area contributed by atoms with E-state index in [1.165, 1.54) is 31.3 Å². The van der Waals surface area contributed by atoms with Crippen LogP contribution in [0, 0.1) is 5.82 Å². The summed E-state index contributed by atoms with van der Waals surface area (Å²) in [6.07, 6.45) is 0. The van der Waals surface area contributed by atoms with Gasteiger partial charge in [0.25, 0.3) is 11.7 Å². The van der Waals surface area contributed by atoms with E-state index in [0.717, 1.165) is 4.90 Å². The van der Waals surface area contributed by atoms with Crippen LogP contribution in [0.15, 0.2) is 48.0 Å². The molecule has 1 unspecified atom stereocenters. The number of fused-ring (bicyclic) bond motifs is 1. The summed E-state index contributed by atoms with van der Waals surface area (Å²) in [5, 5.41) is 10.8. The van der Waals surface area contributed by atoms with Gasteiger partial charge in [0, 0.05) is 18.2 Å². The molecule has 1 atom stereocenters. The van der Waals surface area contributed by atoms with Crippen LogP contribution in [0.4, 0.5) is 4.39 Å². The summed E-state index contributed by atoms with van der Waals surface area (Å²) in [5.74, 6) is -1.66. The van der Waals surface area contributed by atoms with E-state index in [1.54, 1.807) is 18.2 Å². The molecular formula is C20H16FNO5. The summed E-state index contributed by atoms with van der Waals surface area (Å²) >= 11 is 0. The van der Waals surface area contributed by atoms with E-state index in [-0.39, 0.29) is 22.5 Å². The number of aliphatic hydroxyl groups is 1. The minimum Gasteiger partial charge on any atom is -0.507 e. The molecule has 0 spiro atoms. The number of Topliss-reactive ketones (excluding diaryl/α,β-unsaturated/α-hetero) is 1. The number of likely N-dealkylation sites (N-methyl/N-ethyl adjacent to an activating group) is 1. The lowest BCUT2D eigenvalue weighted by atomic mass is 9.95. The van der Waals surface area contributed by atoms with Gasteiger partial charge in [-0.2, -0.15) is 0 Å². The van der Waals surface area contributed by atoms with Gasteiger partial charge in [0.2, 0.25) is 0 Å². The minimum atomic E-state index is -1.01. The van der Waals surface area contributed by atoms with Crippen LogP contribution in [0.2, 0.25) is 0 Å². The number of hydrogen-bond donors (Lipinski definition) is 1. The fourth-order valence-electron chi connectivity index (χ4n) is 3.35. The maximum Gasteiger partial charge on any atom is 0.295 e. The number of likely N-dealkylation sites (tertiary alicyclic amines) is 1. The second-order valence-electron chi connectivity index (χ2n) is 6.29. The monoisotopic (exact) mass is 369 g/mol. The number of rotatable bonds is 2. The van der Waals surface area contributed by atoms with Gasteiger partial charge in [0.1, 0.15) is 24.8 Å². The first kappa shape index (κ1) is 17.1. The Bertz CT molecular complexity index is 984. The average Bonchev–Trinajstić information content (AvgIpc) is 2.91. The van der Waals surface area contributed by atoms with Crippen molar-refractivity contribution in [3.63, 3.8) is 0 Å². The molecule has 2 aromatic rings. The highest BCUT2D eigenvalue weighted by atomic mass is 19.1. The molecule has 2 aromatic carbocycles. The molecule has 4 rings (SSSR count). The van der Waals surface area contributed by atoms with Gasteiger partial charge in [0.05, 0.1) is 11.6 Å². The minimum absolute atomic E-state index is 0.137. The average molecular weight is 369 g/mol. The first-order chi connectivity index (χ1) is 13.0. The molecule has 6 nitrogen and oxygen atoms in total. The number of carbonyl (C=O) groups excluding carboxylic acids is 2. The molecule has 1 N–H and O–H groups in total. The van der Waals surface area contributed by atoms with Gasteiger partial charge in [-0.1, -0.05) is 18.2 Å². The molecule has 1 saturated heterocycles. The Morgan fingerprint density at radius 1 is 1.11 bits per heavy atom. The molecule has 2 heterocycles. The highest BCUT2D eigenvalue weighted by Crippen LogP contribution is 2.40. The largest absolute Gasteiger partial charge is 0.507 e. The zero-order valence-electron chi connectivity index (χ0n) is 14.4. The maximum absolute atomic E-state index is 14.3. The summed E-state index contributed by atoms with van der Waals surface area (Å²) in [4.78, 5) is 25.9. The topological polar surface area (TPSA) is 76.1 Å². The van der Waals surface area contributed by atoms with Gasteiger partial charge in [-0.3, -0.25) is 9.59 Å². The standard InChI is InChI=1S/C20H16FNO5/c1-22-17(12-4-2-3-5-13(12)21)16(19(24)20(22)25)18(23)11-6-7-14-15(10-11)27-9-8-26-14/h2-7,10,17,23H,8-9H2,1H3/b18-16+. The molecule has 1 fully saturated rings. The smallest absolute Gasteiger partial charge is 0.295 e. The third-order valence-corrected chi connectivity index (χ3v) is 4.69. The summed E-state index contributed by atoms with van der Waals surface area (Å²) in [6.45, 7) is 0.790. The quantitative estimate of drug-likeness (QED) is 0.500. The number of aliphatic hydroxyl groups excluding tert-OH is 1. The van der Waals surface area contributed by atoms with Crippen molar-refractivity contribution in [3.8, 4) is 11.5 Å². The van der Waals surface area contributed by atoms with Crippen molar-refractivity contribution in [3.05, 3.63) is 65.0 Å². The van der Waals surface area contributed by atoms with Gasteiger partial charge < -0.3 is 19.5 Å². The van der Waals surface area contributed by atoms with Crippen molar-refractivity contribution in [2.75, 3.05) is 20.3 Å². The third-order valence-electron chi connectivity index (χ3n) is 4.69. The molecule has 2 aliphatic heterocycles. The molecule has 2 aliphatic rings. The van der Waals surface area contributed by atoms with Crippen LogP contribution in [-0.2, 0) is 9.59 Å². The fourth-order valence-corrected chi connectivity index (χ4v) is 3.35. The molecule has 0 aliphatic carbocycles. The van der Waals surface area contributed by atoms with E-state index in [2.05, 4.69) is 0 Å². The van der Waals surface area contributed by atoms with Gasteiger partial charge in [-0.05, 0) is 24.3 Å². The van der Waals surface area contributed by atoms with Crippen LogP contribution in [-0.4, -0.2) is 42.0 Å². The summed E-state index contributed by atoms with van der Waals surface area (Å²) in [5.41, 5.74) is 0.259. The first-order valence-electron chi connectivity index (χ1n) is 8.38. The van der Waals surface area contributed by atoms with Gasteiger partial charge in [0.15, 0.2) is 11.5 Å². The highest BCUT2D eigenvalue weighted by molar-refractivity contribution is 6.46. The molecule has 0 saturated carbocycles. The second kappa shape index (κ2) is 6.42. The van der Waals surface area contributed by atoms with Crippen LogP contribution in [0.3, 0.4) is 0 Å². The van der Waals surface area contributed by atoms with Gasteiger partial charge in [-0.15, -0.1) is 0 Å². The zero-order chi connectivity index (χ0) is 19.1. The van der Waals surface area contributed by atoms with E-state index >= 15 is 0 Å². The molecule has 0 aromatic heterocycles. The normalized spacial score (nSPS) is 20.8. The lowest BCUT2D eigenvalue weighted by Gasteiger charge is -2.22. The lowest BCUT2D eigenvalue weighted by Crippen LogP contribution is -2.25. The Morgan fingerprint density at radius 3 is 2.56 bits per heavy atom. The van der Waals surface area contributed by atoms with E-state index in [1.807, 2.05) is 0 Å². The Morgan fingerprint density at radius 2 is 1.81 bits per heavy atom. The first-order valence-corrected chi connectivity index (χ1v) is 8.38. The SMILES string of the molecule is CN1C(=O)C(=O)/C(=C(/O)c2ccc3c(c2)OCCO3)C1c1ccccc1F. The highest BCUT2D eigenvalue weighted by Gasteiger charge is 2.45. The number of halogens is 1. The predicted octanol–water partition coefficient (Wildman–Crippen LogP) is 2.65. The number of benzene rings is 2. The zero-order valence-corrected chi connectivity index (χ0v) is 14.4. The molecule has 138 valence electrons. The molecule has 27 heavy (non-hydrogen) atoms. The Balaban J connectivity index is 1.87. The molecule has 0 bridgehead atoms. The molecular weight excluding hydrogens is 353 g/mol. The van der Waals surface area contributed by atoms with Crippen LogP contribution in [0.25, 0.3) is 5.76 Å². The predicted molar refractivity (Wildman–Crippen MR) is 93.9 cm³/mol. The van der Waals surface area contributed by atoms with Crippen molar-refractivity contribution < 1.29 is 28.6 Å². The molecule has 0 radical (unpaired) electrons. The summed E-state index contributed by atoms with van der Waals surface area (Å²) in [6, 6.07) is 9.55. The Kier molecular flexibility index (Phi) is 4.07. The van der Waals surface area contributed by atoms with Crippen LogP contribution in [0.5, 0.6) is 11.5 Å². The number of ketones is 1. The van der Waals surface area contributed by atoms with Crippen molar-refractivity contribution in [1.82, 2.24) is 4.90 Å². The summed E-state index contributed by atoms with van der Waals surface area (Å²) < 4.78 is 25.3. The van der Waals surface area contributed by atoms with Crippen molar-refractivity contribution in [2.24, 2.45) is 0 Å². The second-order valence-corrected chi connectivity index (χ2v) is 6.29. The molecule has 7 heteroatoms. The van der Waals surface area contributed by atoms with Crippen molar-refractivity contribution >= 4 is 17.4 Å². The number of carbonyl (C=O) groups is 2. The van der Waals surface area contributed by atoms with E-state index in [4.69, 9.17) is 9.47 Å². The fraction of sp³-hybridized carbons (Fsp3) is 0.200. The van der Waals surface area contributed by atoms with Crippen LogP contribution < -0.4 is 9.47 Å². The van der Waals surface area contributed by atoms with Gasteiger partial charge in [-0.25, -0.2) is 4.39 Å². The summed E-state index contributed by atoms with van der Waals surface area (Å²) in [7, 11) is 1.40. The number of hydrogen-bond acceptors (Lipinski definition) is 5. The van der Waals surface area contributed by atoms with Crippen LogP contribution >= 0.6 is 0 Å². The number of nitrogens with zero attached hydrogens (tertiary/aromatic N) is 1. The van der Waals surface area contributed by atoms with E-state index in [9.17, 15) is 19.1 Å². The molecule has 1 amide bonds. The van der Waals surface area contributed by atoms with Crippen molar-refractivity contribution in [2.45, 2.75) is 6.04 Å². The number of amides is 1. The lowest BCUT2D eigenvalue weighted by molar-refractivity contribution is -0.139. The third kappa shape index (κ3) is 2.71. The van der Waals surface area contributed by atoms with E-state index in [0.29, 0.717) is 24.7 Å². The van der Waals surface area contributed by atoms with Crippen LogP contribution in [0.1, 0.15) is 17.2 Å². The van der Waals surface area contributed by atoms with Crippen molar-refractivity contribution in [1.29, 1.82) is 0 Å². The Labute approximate surface area is 154 Å². The van der Waals surface area contributed by atoms with E-state index < -0.39 is 23.5 Å². The number of ether oxygens (including phenoxy) is 2. The Hall–Kier alpha value is -3.35. The van der Waals surface area contributed by atoms with Gasteiger partial charge >= 0.3 is 0 Å².